The molecular weight excluding hydrogens is 312 g/mol. The van der Waals surface area contributed by atoms with Crippen molar-refractivity contribution in [2.24, 2.45) is 4.99 Å². The van der Waals surface area contributed by atoms with Crippen LogP contribution in [0.15, 0.2) is 47.5 Å². The molecule has 136 valence electrons. The molecule has 2 heterocycles. The van der Waals surface area contributed by atoms with Crippen molar-refractivity contribution in [3.63, 3.8) is 0 Å². The third-order valence-corrected chi connectivity index (χ3v) is 4.77. The molecule has 2 aliphatic rings. The second kappa shape index (κ2) is 9.59. The summed E-state index contributed by atoms with van der Waals surface area (Å²) >= 11 is 0. The van der Waals surface area contributed by atoms with Crippen molar-refractivity contribution in [2.75, 3.05) is 45.9 Å². The molecule has 5 heteroatoms. The summed E-state index contributed by atoms with van der Waals surface area (Å²) in [4.78, 5) is 9.70. The maximum Gasteiger partial charge on any atom is 0.194 e. The van der Waals surface area contributed by atoms with Gasteiger partial charge in [0.15, 0.2) is 5.96 Å². The Balaban J connectivity index is 1.43. The molecule has 5 nitrogen and oxygen atoms in total. The summed E-state index contributed by atoms with van der Waals surface area (Å²) in [6, 6.07) is 10.9. The van der Waals surface area contributed by atoms with Crippen LogP contribution in [0.5, 0.6) is 0 Å². The minimum absolute atomic E-state index is 0.646. The highest BCUT2D eigenvalue weighted by atomic mass is 16.5. The molecule has 1 aromatic carbocycles. The Kier molecular flexibility index (Phi) is 6.89. The van der Waals surface area contributed by atoms with E-state index in [1.165, 1.54) is 12.0 Å². The monoisotopic (exact) mass is 342 g/mol. The molecule has 0 spiro atoms. The summed E-state index contributed by atoms with van der Waals surface area (Å²) in [5.41, 5.74) is 1.21. The summed E-state index contributed by atoms with van der Waals surface area (Å²) in [6.45, 7) is 9.37. The molecule has 1 unspecified atom stereocenters. The van der Waals surface area contributed by atoms with Crippen LogP contribution in [-0.2, 0) is 11.3 Å². The van der Waals surface area contributed by atoms with Crippen molar-refractivity contribution in [1.82, 2.24) is 15.1 Å². The largest absolute Gasteiger partial charge is 0.375 e. The highest BCUT2D eigenvalue weighted by molar-refractivity contribution is 5.80. The van der Waals surface area contributed by atoms with Crippen molar-refractivity contribution in [2.45, 2.75) is 26.0 Å². The number of hydrogen-bond donors (Lipinski definition) is 1. The van der Waals surface area contributed by atoms with Crippen molar-refractivity contribution in [3.8, 4) is 0 Å². The lowest BCUT2D eigenvalue weighted by atomic mass is 10.2. The summed E-state index contributed by atoms with van der Waals surface area (Å²) in [5, 5.41) is 3.43. The van der Waals surface area contributed by atoms with Crippen LogP contribution in [0, 0.1) is 0 Å². The maximum absolute atomic E-state index is 5.74. The molecule has 0 bridgehead atoms. The molecule has 1 aromatic rings. The van der Waals surface area contributed by atoms with Crippen molar-refractivity contribution < 1.29 is 4.74 Å². The van der Waals surface area contributed by atoms with Gasteiger partial charge in [-0.25, -0.2) is 0 Å². The van der Waals surface area contributed by atoms with Crippen LogP contribution < -0.4 is 5.32 Å². The van der Waals surface area contributed by atoms with Gasteiger partial charge in [0.2, 0.25) is 0 Å². The molecule has 1 N–H and O–H groups in total. The number of hydrogen-bond acceptors (Lipinski definition) is 3. The topological polar surface area (TPSA) is 40.1 Å². The summed E-state index contributed by atoms with van der Waals surface area (Å²) in [6.07, 6.45) is 5.76. The fraction of sp³-hybridized carbons (Fsp3) is 0.550. The predicted molar refractivity (Wildman–Crippen MR) is 103 cm³/mol. The van der Waals surface area contributed by atoms with Gasteiger partial charge in [0.1, 0.15) is 0 Å². The average Bonchev–Trinajstić information content (AvgIpc) is 3.33. The molecule has 0 amide bonds. The minimum atomic E-state index is 0.646. The highest BCUT2D eigenvalue weighted by Gasteiger charge is 2.29. The van der Waals surface area contributed by atoms with Gasteiger partial charge in [0.05, 0.1) is 19.8 Å². The van der Waals surface area contributed by atoms with Gasteiger partial charge in [0.25, 0.3) is 0 Å². The number of nitrogens with zero attached hydrogens (tertiary/aromatic N) is 3. The van der Waals surface area contributed by atoms with Gasteiger partial charge in [-0.05, 0) is 18.9 Å². The molecule has 0 saturated carbocycles. The van der Waals surface area contributed by atoms with Crippen LogP contribution in [-0.4, -0.2) is 67.7 Å². The van der Waals surface area contributed by atoms with Crippen LogP contribution in [0.1, 0.15) is 18.9 Å². The smallest absolute Gasteiger partial charge is 0.194 e. The van der Waals surface area contributed by atoms with Gasteiger partial charge in [-0.1, -0.05) is 42.5 Å². The van der Waals surface area contributed by atoms with Crippen LogP contribution in [0.4, 0.5) is 0 Å². The third kappa shape index (κ3) is 5.31. The molecule has 0 aliphatic carbocycles. The Hall–Kier alpha value is -1.85. The fourth-order valence-electron chi connectivity index (χ4n) is 3.43. The zero-order valence-electron chi connectivity index (χ0n) is 15.2. The van der Waals surface area contributed by atoms with E-state index in [0.29, 0.717) is 25.8 Å². The Bertz CT molecular complexity index is 564. The average molecular weight is 342 g/mol. The molecule has 3 rings (SSSR count). The van der Waals surface area contributed by atoms with Gasteiger partial charge < -0.3 is 15.0 Å². The first-order valence-corrected chi connectivity index (χ1v) is 9.41. The number of rotatable bonds is 7. The normalized spacial score (nSPS) is 21.2. The van der Waals surface area contributed by atoms with Crippen molar-refractivity contribution in [1.29, 1.82) is 0 Å². The molecule has 1 saturated heterocycles. The summed E-state index contributed by atoms with van der Waals surface area (Å²) < 4.78 is 5.74. The first-order valence-electron chi connectivity index (χ1n) is 9.41. The summed E-state index contributed by atoms with van der Waals surface area (Å²) in [5.74, 6) is 1.03. The molecular formula is C20H30N4O. The first kappa shape index (κ1) is 18.0. The van der Waals surface area contributed by atoms with E-state index >= 15 is 0 Å². The molecule has 0 radical (unpaired) electrons. The number of guanidine groups is 1. The zero-order valence-corrected chi connectivity index (χ0v) is 15.2. The maximum atomic E-state index is 5.74. The molecule has 1 fully saturated rings. The standard InChI is InChI=1S/C20H30N4O/c1-2-21-20(22-11-15-25-17-18-8-4-3-5-9-18)24-14-10-19(16-24)23-12-6-7-13-23/h3-9,19H,2,10-17H2,1H3,(H,21,22). The van der Waals surface area contributed by atoms with E-state index in [9.17, 15) is 0 Å². The van der Waals surface area contributed by atoms with Crippen molar-refractivity contribution >= 4 is 5.96 Å². The van der Waals surface area contributed by atoms with E-state index in [1.54, 1.807) is 0 Å². The van der Waals surface area contributed by atoms with Gasteiger partial charge in [-0.2, -0.15) is 0 Å². The number of benzene rings is 1. The van der Waals surface area contributed by atoms with Crippen LogP contribution in [0.25, 0.3) is 0 Å². The number of ether oxygens (including phenoxy) is 1. The molecule has 1 atom stereocenters. The van der Waals surface area contributed by atoms with Crippen molar-refractivity contribution in [3.05, 3.63) is 48.0 Å². The van der Waals surface area contributed by atoms with E-state index in [0.717, 1.165) is 38.7 Å². The first-order chi connectivity index (χ1) is 12.4. The van der Waals surface area contributed by atoms with Crippen LogP contribution in [0.2, 0.25) is 0 Å². The van der Waals surface area contributed by atoms with Crippen LogP contribution in [0.3, 0.4) is 0 Å². The van der Waals surface area contributed by atoms with E-state index < -0.39 is 0 Å². The van der Waals surface area contributed by atoms with Gasteiger partial charge in [0, 0.05) is 38.8 Å². The number of nitrogens with one attached hydrogen (secondary N) is 1. The number of likely N-dealkylation sites (tertiary alicyclic amines) is 1. The van der Waals surface area contributed by atoms with Crippen LogP contribution >= 0.6 is 0 Å². The molecule has 2 aliphatic heterocycles. The van der Waals surface area contributed by atoms with E-state index in [-0.39, 0.29) is 0 Å². The zero-order chi connectivity index (χ0) is 17.3. The summed E-state index contributed by atoms with van der Waals surface area (Å²) in [7, 11) is 0. The lowest BCUT2D eigenvalue weighted by Gasteiger charge is -2.25. The lowest BCUT2D eigenvalue weighted by Crippen LogP contribution is -2.43. The Morgan fingerprint density at radius 1 is 1.24 bits per heavy atom. The predicted octanol–water partition coefficient (Wildman–Crippen LogP) is 2.11. The number of aliphatic imine (C=N–C) groups is 1. The lowest BCUT2D eigenvalue weighted by molar-refractivity contribution is 0.128. The van der Waals surface area contributed by atoms with E-state index in [1.807, 2.05) is 18.2 Å². The molecule has 0 aromatic heterocycles. The Morgan fingerprint density at radius 3 is 2.80 bits per heavy atom. The quantitative estimate of drug-likeness (QED) is 0.357. The highest BCUT2D eigenvalue weighted by Crippen LogP contribution is 2.17. The van der Waals surface area contributed by atoms with Gasteiger partial charge in [-0.3, -0.25) is 9.89 Å². The third-order valence-electron chi connectivity index (χ3n) is 4.77. The Morgan fingerprint density at radius 2 is 2.04 bits per heavy atom. The minimum Gasteiger partial charge on any atom is -0.375 e. The SMILES string of the molecule is CCNC(=NCCOCc1ccccc1)N1CCC(N2CC=CC2)C1. The van der Waals surface area contributed by atoms with E-state index in [4.69, 9.17) is 9.73 Å². The second-order valence-electron chi connectivity index (χ2n) is 6.59. The van der Waals surface area contributed by atoms with Gasteiger partial charge in [-0.15, -0.1) is 0 Å². The van der Waals surface area contributed by atoms with E-state index in [2.05, 4.69) is 46.3 Å². The molecule has 25 heavy (non-hydrogen) atoms. The second-order valence-corrected chi connectivity index (χ2v) is 6.59. The Labute approximate surface area is 151 Å². The fourth-order valence-corrected chi connectivity index (χ4v) is 3.43. The van der Waals surface area contributed by atoms with Gasteiger partial charge >= 0.3 is 0 Å².